The van der Waals surface area contributed by atoms with Gasteiger partial charge in [-0.1, -0.05) is 13.8 Å². The Balaban J connectivity index is 2.52. The molecule has 30 heavy (non-hydrogen) atoms. The third kappa shape index (κ3) is 9.97. The van der Waals surface area contributed by atoms with Crippen LogP contribution in [0.2, 0.25) is 0 Å². The summed E-state index contributed by atoms with van der Waals surface area (Å²) in [5.41, 5.74) is 0. The summed E-state index contributed by atoms with van der Waals surface area (Å²) in [5, 5.41) is 5.22. The smallest absolute Gasteiger partial charge is 0.308 e. The number of carbonyl (C=O) groups excluding carboxylic acids is 4. The van der Waals surface area contributed by atoms with E-state index in [9.17, 15) is 19.2 Å². The summed E-state index contributed by atoms with van der Waals surface area (Å²) in [6, 6.07) is -0.864. The SMILES string of the molecule is COCCOC(=O)CCC(=O)NC(=S)N1CCNC(=O)C1CC(=O)OCCC(C)C. The van der Waals surface area contributed by atoms with Crippen molar-refractivity contribution in [1.82, 2.24) is 15.5 Å². The van der Waals surface area contributed by atoms with Crippen LogP contribution in [0.15, 0.2) is 0 Å². The van der Waals surface area contributed by atoms with Gasteiger partial charge in [0.05, 0.1) is 26.1 Å². The van der Waals surface area contributed by atoms with Crippen molar-refractivity contribution in [2.24, 2.45) is 5.92 Å². The van der Waals surface area contributed by atoms with Gasteiger partial charge in [0.1, 0.15) is 12.6 Å². The summed E-state index contributed by atoms with van der Waals surface area (Å²) in [5.74, 6) is -1.47. The van der Waals surface area contributed by atoms with Crippen LogP contribution in [0.5, 0.6) is 0 Å². The van der Waals surface area contributed by atoms with E-state index in [0.29, 0.717) is 19.0 Å². The highest BCUT2D eigenvalue weighted by atomic mass is 32.1. The number of rotatable bonds is 11. The molecule has 1 rings (SSSR count). The highest BCUT2D eigenvalue weighted by Gasteiger charge is 2.34. The number of hydrogen-bond acceptors (Lipinski definition) is 8. The average molecular weight is 446 g/mol. The fourth-order valence-corrected chi connectivity index (χ4v) is 2.90. The molecule has 1 aliphatic heterocycles. The van der Waals surface area contributed by atoms with Crippen LogP contribution in [0.4, 0.5) is 0 Å². The minimum absolute atomic E-state index is 0.0302. The molecule has 1 unspecified atom stereocenters. The van der Waals surface area contributed by atoms with Crippen molar-refractivity contribution in [1.29, 1.82) is 0 Å². The second-order valence-electron chi connectivity index (χ2n) is 7.17. The van der Waals surface area contributed by atoms with E-state index in [2.05, 4.69) is 10.6 Å². The number of esters is 2. The Morgan fingerprint density at radius 1 is 1.17 bits per heavy atom. The van der Waals surface area contributed by atoms with E-state index in [1.807, 2.05) is 13.8 Å². The van der Waals surface area contributed by atoms with E-state index >= 15 is 0 Å². The molecule has 0 bridgehead atoms. The number of amides is 2. The molecule has 11 heteroatoms. The Kier molecular flexibility index (Phi) is 11.9. The van der Waals surface area contributed by atoms with Gasteiger partial charge in [0, 0.05) is 26.6 Å². The number of ether oxygens (including phenoxy) is 3. The Bertz CT molecular complexity index is 627. The maximum atomic E-state index is 12.2. The number of carbonyl (C=O) groups is 4. The van der Waals surface area contributed by atoms with Crippen LogP contribution >= 0.6 is 12.2 Å². The number of hydrogen-bond donors (Lipinski definition) is 2. The maximum Gasteiger partial charge on any atom is 0.308 e. The average Bonchev–Trinajstić information content (AvgIpc) is 2.67. The minimum Gasteiger partial charge on any atom is -0.466 e. The quantitative estimate of drug-likeness (QED) is 0.260. The van der Waals surface area contributed by atoms with Crippen LogP contribution in [-0.2, 0) is 33.4 Å². The van der Waals surface area contributed by atoms with Crippen molar-refractivity contribution in [2.45, 2.75) is 45.6 Å². The minimum atomic E-state index is -0.864. The van der Waals surface area contributed by atoms with Gasteiger partial charge < -0.3 is 29.7 Å². The van der Waals surface area contributed by atoms with E-state index in [4.69, 9.17) is 26.4 Å². The zero-order valence-electron chi connectivity index (χ0n) is 17.7. The summed E-state index contributed by atoms with van der Waals surface area (Å²) in [7, 11) is 1.49. The van der Waals surface area contributed by atoms with Gasteiger partial charge >= 0.3 is 11.9 Å². The molecule has 0 aromatic carbocycles. The maximum absolute atomic E-state index is 12.2. The molecular formula is C19H31N3O7S. The number of methoxy groups -OCH3 is 1. The molecule has 1 atom stereocenters. The molecule has 170 valence electrons. The van der Waals surface area contributed by atoms with E-state index < -0.39 is 23.9 Å². The summed E-state index contributed by atoms with van der Waals surface area (Å²) >= 11 is 5.25. The van der Waals surface area contributed by atoms with Crippen LogP contribution < -0.4 is 10.6 Å². The monoisotopic (exact) mass is 445 g/mol. The topological polar surface area (TPSA) is 123 Å². The van der Waals surface area contributed by atoms with Crippen molar-refractivity contribution >= 4 is 41.1 Å². The van der Waals surface area contributed by atoms with Crippen molar-refractivity contribution in [3.63, 3.8) is 0 Å². The first-order valence-electron chi connectivity index (χ1n) is 9.93. The van der Waals surface area contributed by atoms with Crippen molar-refractivity contribution in [3.05, 3.63) is 0 Å². The van der Waals surface area contributed by atoms with Crippen LogP contribution in [-0.4, -0.2) is 79.8 Å². The van der Waals surface area contributed by atoms with Gasteiger partial charge in [-0.05, 0) is 24.6 Å². The molecule has 0 radical (unpaired) electrons. The fourth-order valence-electron chi connectivity index (χ4n) is 2.57. The van der Waals surface area contributed by atoms with Gasteiger partial charge in [0.15, 0.2) is 5.11 Å². The van der Waals surface area contributed by atoms with Gasteiger partial charge in [-0.15, -0.1) is 0 Å². The number of piperazine rings is 1. The highest BCUT2D eigenvalue weighted by Crippen LogP contribution is 2.11. The molecule has 1 saturated heterocycles. The fraction of sp³-hybridized carbons (Fsp3) is 0.737. The lowest BCUT2D eigenvalue weighted by atomic mass is 10.1. The van der Waals surface area contributed by atoms with Gasteiger partial charge in [-0.25, -0.2) is 0 Å². The summed E-state index contributed by atoms with van der Waals surface area (Å²) in [6.07, 6.45) is 0.332. The number of nitrogens with one attached hydrogen (secondary N) is 2. The Hall–Kier alpha value is -2.27. The summed E-state index contributed by atoms with van der Waals surface area (Å²) < 4.78 is 14.8. The molecule has 0 spiro atoms. The molecular weight excluding hydrogens is 414 g/mol. The second-order valence-corrected chi connectivity index (χ2v) is 7.56. The van der Waals surface area contributed by atoms with E-state index in [0.717, 1.165) is 6.42 Å². The predicted octanol–water partition coefficient (Wildman–Crippen LogP) is 0.137. The van der Waals surface area contributed by atoms with E-state index in [1.165, 1.54) is 12.0 Å². The molecule has 1 fully saturated rings. The Morgan fingerprint density at radius 2 is 1.87 bits per heavy atom. The molecule has 0 saturated carbocycles. The van der Waals surface area contributed by atoms with Gasteiger partial charge in [-0.3, -0.25) is 19.2 Å². The highest BCUT2D eigenvalue weighted by molar-refractivity contribution is 7.80. The molecule has 2 amide bonds. The molecule has 0 aromatic heterocycles. The predicted molar refractivity (Wildman–Crippen MR) is 111 cm³/mol. The van der Waals surface area contributed by atoms with E-state index in [1.54, 1.807) is 0 Å². The van der Waals surface area contributed by atoms with Crippen molar-refractivity contribution < 1.29 is 33.4 Å². The van der Waals surface area contributed by atoms with Crippen LogP contribution in [0.25, 0.3) is 0 Å². The standard InChI is InChI=1S/C19H31N3O7S/c1-13(2)6-9-28-17(25)12-14-18(26)20-7-8-22(14)19(30)21-15(23)4-5-16(24)29-11-10-27-3/h13-14H,4-12H2,1-3H3,(H,20,26)(H,21,23,30). The molecule has 2 N–H and O–H groups in total. The third-order valence-corrected chi connectivity index (χ3v) is 4.60. The zero-order chi connectivity index (χ0) is 22.5. The van der Waals surface area contributed by atoms with Gasteiger partial charge in [0.25, 0.3) is 0 Å². The van der Waals surface area contributed by atoms with Gasteiger partial charge in [-0.2, -0.15) is 0 Å². The molecule has 1 aliphatic rings. The normalized spacial score (nSPS) is 16.1. The first kappa shape index (κ1) is 25.8. The Labute approximate surface area is 182 Å². The first-order valence-corrected chi connectivity index (χ1v) is 10.3. The largest absolute Gasteiger partial charge is 0.466 e. The van der Waals surface area contributed by atoms with Crippen LogP contribution in [0.1, 0.15) is 39.5 Å². The second kappa shape index (κ2) is 13.9. The zero-order valence-corrected chi connectivity index (χ0v) is 18.5. The lowest BCUT2D eigenvalue weighted by Gasteiger charge is -2.36. The lowest BCUT2D eigenvalue weighted by molar-refractivity contribution is -0.148. The number of nitrogens with zero attached hydrogens (tertiary/aromatic N) is 1. The van der Waals surface area contributed by atoms with Crippen molar-refractivity contribution in [2.75, 3.05) is 40.0 Å². The first-order chi connectivity index (χ1) is 14.2. The Morgan fingerprint density at radius 3 is 2.53 bits per heavy atom. The molecule has 0 aliphatic carbocycles. The molecule has 0 aromatic rings. The lowest BCUT2D eigenvalue weighted by Crippen LogP contribution is -2.60. The van der Waals surface area contributed by atoms with Crippen LogP contribution in [0.3, 0.4) is 0 Å². The number of thiocarbonyl (C=S) groups is 1. The molecule has 10 nitrogen and oxygen atoms in total. The van der Waals surface area contributed by atoms with E-state index in [-0.39, 0.29) is 50.1 Å². The third-order valence-electron chi connectivity index (χ3n) is 4.26. The summed E-state index contributed by atoms with van der Waals surface area (Å²) in [6.45, 7) is 5.39. The summed E-state index contributed by atoms with van der Waals surface area (Å²) in [4.78, 5) is 49.5. The molecule has 1 heterocycles. The van der Waals surface area contributed by atoms with Crippen LogP contribution in [0, 0.1) is 5.92 Å². The van der Waals surface area contributed by atoms with Gasteiger partial charge in [0.2, 0.25) is 11.8 Å². The van der Waals surface area contributed by atoms with Crippen molar-refractivity contribution in [3.8, 4) is 0 Å².